The molecule has 0 fully saturated rings. The predicted molar refractivity (Wildman–Crippen MR) is 99.3 cm³/mol. The molecule has 2 heterocycles. The smallest absolute Gasteiger partial charge is 0.169 e. The van der Waals surface area contributed by atoms with Crippen LogP contribution in [-0.2, 0) is 6.42 Å². The molecule has 4 rings (SSSR count). The summed E-state index contributed by atoms with van der Waals surface area (Å²) >= 11 is 0. The van der Waals surface area contributed by atoms with E-state index in [0.29, 0.717) is 12.0 Å². The Hall–Kier alpha value is -2.68. The summed E-state index contributed by atoms with van der Waals surface area (Å²) in [5.74, 6) is 1.02. The molecule has 1 atom stereocenters. The third-order valence-corrected chi connectivity index (χ3v) is 4.89. The Bertz CT molecular complexity index is 992. The van der Waals surface area contributed by atoms with Crippen LogP contribution < -0.4 is 4.74 Å². The lowest BCUT2D eigenvalue weighted by Crippen LogP contribution is -2.33. The zero-order valence-corrected chi connectivity index (χ0v) is 14.8. The van der Waals surface area contributed by atoms with Gasteiger partial charge in [-0.05, 0) is 55.7 Å². The van der Waals surface area contributed by atoms with E-state index in [2.05, 4.69) is 17.1 Å². The van der Waals surface area contributed by atoms with Gasteiger partial charge in [0.1, 0.15) is 11.4 Å². The van der Waals surface area contributed by atoms with Gasteiger partial charge in [-0.3, -0.25) is 9.78 Å². The Morgan fingerprint density at radius 1 is 1.20 bits per heavy atom. The van der Waals surface area contributed by atoms with Crippen LogP contribution in [0.1, 0.15) is 40.4 Å². The lowest BCUT2D eigenvalue weighted by Gasteiger charge is -2.23. The highest BCUT2D eigenvalue weighted by Gasteiger charge is 2.38. The number of rotatable bonds is 3. The number of ether oxygens (including phenoxy) is 1. The van der Waals surface area contributed by atoms with Crippen LogP contribution in [0.5, 0.6) is 5.75 Å². The number of carbonyl (C=O) groups is 1. The molecular formula is C22H21NO2. The van der Waals surface area contributed by atoms with Crippen LogP contribution in [0.4, 0.5) is 0 Å². The maximum Gasteiger partial charge on any atom is 0.169 e. The molecule has 0 saturated heterocycles. The number of hydrogen-bond acceptors (Lipinski definition) is 3. The molecule has 3 nitrogen and oxygen atoms in total. The highest BCUT2D eigenvalue weighted by molar-refractivity contribution is 6.07. The maximum atomic E-state index is 13.1. The zero-order valence-electron chi connectivity index (χ0n) is 14.8. The van der Waals surface area contributed by atoms with Gasteiger partial charge in [-0.25, -0.2) is 0 Å². The molecule has 3 heteroatoms. The molecule has 3 aromatic rings. The lowest BCUT2D eigenvalue weighted by molar-refractivity contribution is 0.0741. The minimum Gasteiger partial charge on any atom is -0.486 e. The van der Waals surface area contributed by atoms with Crippen LogP contribution in [0.15, 0.2) is 48.7 Å². The summed E-state index contributed by atoms with van der Waals surface area (Å²) in [4.78, 5) is 17.5. The summed E-state index contributed by atoms with van der Waals surface area (Å²) in [7, 11) is 0. The van der Waals surface area contributed by atoms with Crippen molar-refractivity contribution in [2.75, 3.05) is 0 Å². The molecule has 126 valence electrons. The molecule has 0 radical (unpaired) electrons. The Balaban J connectivity index is 1.67. The van der Waals surface area contributed by atoms with Crippen LogP contribution in [-0.4, -0.2) is 16.4 Å². The predicted octanol–water partition coefficient (Wildman–Crippen LogP) is 4.82. The number of benzene rings is 2. The average Bonchev–Trinajstić information content (AvgIpc) is 2.91. The summed E-state index contributed by atoms with van der Waals surface area (Å²) in [5, 5.41) is 1.00. The fourth-order valence-corrected chi connectivity index (χ4v) is 3.77. The van der Waals surface area contributed by atoms with Crippen molar-refractivity contribution in [2.24, 2.45) is 0 Å². The Morgan fingerprint density at radius 2 is 2.04 bits per heavy atom. The Kier molecular flexibility index (Phi) is 3.60. The van der Waals surface area contributed by atoms with Crippen LogP contribution in [0.3, 0.4) is 0 Å². The van der Waals surface area contributed by atoms with Crippen LogP contribution >= 0.6 is 0 Å². The van der Waals surface area contributed by atoms with Gasteiger partial charge < -0.3 is 4.74 Å². The lowest BCUT2D eigenvalue weighted by atomic mass is 9.90. The largest absolute Gasteiger partial charge is 0.486 e. The molecule has 1 unspecified atom stereocenters. The van der Waals surface area contributed by atoms with Crippen molar-refractivity contribution < 1.29 is 9.53 Å². The van der Waals surface area contributed by atoms with Crippen molar-refractivity contribution in [3.05, 3.63) is 70.9 Å². The Morgan fingerprint density at radius 3 is 2.84 bits per heavy atom. The van der Waals surface area contributed by atoms with E-state index in [1.165, 1.54) is 5.56 Å². The van der Waals surface area contributed by atoms with Crippen molar-refractivity contribution in [2.45, 2.75) is 39.2 Å². The zero-order chi connectivity index (χ0) is 17.6. The second-order valence-corrected chi connectivity index (χ2v) is 7.28. The van der Waals surface area contributed by atoms with Crippen molar-refractivity contribution in [3.63, 3.8) is 0 Å². The fourth-order valence-electron chi connectivity index (χ4n) is 3.77. The van der Waals surface area contributed by atoms with Gasteiger partial charge in [0.2, 0.25) is 0 Å². The van der Waals surface area contributed by atoms with Gasteiger partial charge in [-0.15, -0.1) is 0 Å². The topological polar surface area (TPSA) is 39.2 Å². The molecule has 0 aliphatic carbocycles. The van der Waals surface area contributed by atoms with Gasteiger partial charge >= 0.3 is 0 Å². The van der Waals surface area contributed by atoms with Crippen molar-refractivity contribution in [3.8, 4) is 5.75 Å². The van der Waals surface area contributed by atoms with E-state index in [9.17, 15) is 4.79 Å². The van der Waals surface area contributed by atoms with E-state index >= 15 is 0 Å². The standard InChI is InChI=1S/C22H21NO2/c1-14-10-16-8-5-9-23-20(16)18(11-14)19(24)13-22(3)12-17-7-4-6-15(2)21(17)25-22/h4-11H,12-13H2,1-3H3. The van der Waals surface area contributed by atoms with E-state index in [-0.39, 0.29) is 5.78 Å². The first-order valence-electron chi connectivity index (χ1n) is 8.61. The number of Topliss-reactive ketones (excluding diaryl/α,β-unsaturated/α-hetero) is 1. The highest BCUT2D eigenvalue weighted by Crippen LogP contribution is 2.39. The molecule has 0 saturated carbocycles. The molecule has 25 heavy (non-hydrogen) atoms. The third kappa shape index (κ3) is 2.80. The first-order chi connectivity index (χ1) is 12.0. The number of pyridine rings is 1. The van der Waals surface area contributed by atoms with Crippen molar-refractivity contribution >= 4 is 16.7 Å². The van der Waals surface area contributed by atoms with E-state index < -0.39 is 5.60 Å². The maximum absolute atomic E-state index is 13.1. The molecule has 0 amide bonds. The number of para-hydroxylation sites is 1. The number of aromatic nitrogens is 1. The summed E-state index contributed by atoms with van der Waals surface area (Å²) in [6, 6.07) is 14.1. The molecule has 0 spiro atoms. The van der Waals surface area contributed by atoms with Gasteiger partial charge in [0.15, 0.2) is 5.78 Å². The summed E-state index contributed by atoms with van der Waals surface area (Å²) < 4.78 is 6.22. The van der Waals surface area contributed by atoms with Crippen molar-refractivity contribution in [1.29, 1.82) is 0 Å². The molecule has 1 aromatic heterocycles. The van der Waals surface area contributed by atoms with E-state index in [1.807, 2.05) is 51.1 Å². The molecule has 0 N–H and O–H groups in total. The summed E-state index contributed by atoms with van der Waals surface area (Å²) in [6.07, 6.45) is 2.84. The van der Waals surface area contributed by atoms with Crippen LogP contribution in [0.2, 0.25) is 0 Å². The number of ketones is 1. The molecular weight excluding hydrogens is 310 g/mol. The average molecular weight is 331 g/mol. The summed E-state index contributed by atoms with van der Waals surface area (Å²) in [5.41, 5.74) is 4.33. The van der Waals surface area contributed by atoms with Crippen LogP contribution in [0.25, 0.3) is 10.9 Å². The van der Waals surface area contributed by atoms with Crippen LogP contribution in [0, 0.1) is 13.8 Å². The molecule has 0 bridgehead atoms. The Labute approximate surface area is 147 Å². The van der Waals surface area contributed by atoms with Gasteiger partial charge in [-0.1, -0.05) is 24.3 Å². The monoisotopic (exact) mass is 331 g/mol. The number of hydrogen-bond donors (Lipinski definition) is 0. The second kappa shape index (κ2) is 5.69. The minimum absolute atomic E-state index is 0.0837. The number of nitrogens with zero attached hydrogens (tertiary/aromatic N) is 1. The van der Waals surface area contributed by atoms with E-state index in [4.69, 9.17) is 4.74 Å². The van der Waals surface area contributed by atoms with E-state index in [1.54, 1.807) is 6.20 Å². The third-order valence-electron chi connectivity index (χ3n) is 4.89. The normalized spacial score (nSPS) is 18.8. The molecule has 1 aliphatic heterocycles. The molecule has 1 aliphatic rings. The number of fused-ring (bicyclic) bond motifs is 2. The number of aryl methyl sites for hydroxylation is 2. The summed E-state index contributed by atoms with van der Waals surface area (Å²) in [6.45, 7) is 6.08. The van der Waals surface area contributed by atoms with Crippen molar-refractivity contribution in [1.82, 2.24) is 4.98 Å². The quantitative estimate of drug-likeness (QED) is 0.646. The van der Waals surface area contributed by atoms with Gasteiger partial charge in [-0.2, -0.15) is 0 Å². The second-order valence-electron chi connectivity index (χ2n) is 7.28. The SMILES string of the molecule is Cc1cc(C(=O)CC2(C)Cc3cccc(C)c3O2)c2ncccc2c1. The fraction of sp³-hybridized carbons (Fsp3) is 0.273. The molecule has 2 aromatic carbocycles. The van der Waals surface area contributed by atoms with Gasteiger partial charge in [0.05, 0.1) is 11.9 Å². The minimum atomic E-state index is -0.504. The van der Waals surface area contributed by atoms with Gasteiger partial charge in [0.25, 0.3) is 0 Å². The van der Waals surface area contributed by atoms with E-state index in [0.717, 1.165) is 34.2 Å². The van der Waals surface area contributed by atoms with Gasteiger partial charge in [0, 0.05) is 23.6 Å². The first-order valence-corrected chi connectivity index (χ1v) is 8.61. The first kappa shape index (κ1) is 15.8. The number of carbonyl (C=O) groups excluding carboxylic acids is 1. The highest BCUT2D eigenvalue weighted by atomic mass is 16.5.